The number of hydrogen-bond acceptors (Lipinski definition) is 2. The second kappa shape index (κ2) is 9.75. The Bertz CT molecular complexity index is 645. The summed E-state index contributed by atoms with van der Waals surface area (Å²) in [5.74, 6) is 1.97. The van der Waals surface area contributed by atoms with Crippen molar-refractivity contribution in [3.05, 3.63) is 53.6 Å². The predicted octanol–water partition coefficient (Wildman–Crippen LogP) is 3.04. The molecule has 0 aliphatic rings. The highest BCUT2D eigenvalue weighted by molar-refractivity contribution is 5.79. The molecule has 0 saturated carbocycles. The summed E-state index contributed by atoms with van der Waals surface area (Å²) >= 11 is 0. The maximum absolute atomic E-state index is 4.67. The normalized spacial score (nSPS) is 11.5. The zero-order chi connectivity index (χ0) is 17.2. The quantitative estimate of drug-likeness (QED) is 0.445. The van der Waals surface area contributed by atoms with Gasteiger partial charge in [0.15, 0.2) is 5.96 Å². The molecule has 2 N–H and O–H groups in total. The Morgan fingerprint density at radius 1 is 1.21 bits per heavy atom. The van der Waals surface area contributed by atoms with E-state index in [2.05, 4.69) is 63.3 Å². The third kappa shape index (κ3) is 6.07. The van der Waals surface area contributed by atoms with Crippen molar-refractivity contribution in [2.24, 2.45) is 4.99 Å². The van der Waals surface area contributed by atoms with Crippen molar-refractivity contribution in [1.82, 2.24) is 20.2 Å². The molecule has 0 unspecified atom stereocenters. The van der Waals surface area contributed by atoms with Gasteiger partial charge in [-0.05, 0) is 39.2 Å². The summed E-state index contributed by atoms with van der Waals surface area (Å²) in [6.07, 6.45) is 6.12. The van der Waals surface area contributed by atoms with Crippen molar-refractivity contribution in [2.45, 2.75) is 46.7 Å². The fourth-order valence-corrected chi connectivity index (χ4v) is 2.58. The highest BCUT2D eigenvalue weighted by atomic mass is 15.2. The molecule has 2 rings (SSSR count). The van der Waals surface area contributed by atoms with Gasteiger partial charge in [-0.3, -0.25) is 0 Å². The lowest BCUT2D eigenvalue weighted by molar-refractivity contribution is 0.588. The van der Waals surface area contributed by atoms with Crippen LogP contribution in [0.2, 0.25) is 0 Å². The molecule has 0 bridgehead atoms. The SMILES string of the molecule is CCNC(=NCc1cccc(C)c1)NCCCCn1ccnc1C. The molecular formula is C19H29N5. The standard InChI is InChI=1S/C19H29N5/c1-4-20-19(23-15-18-9-7-8-16(2)14-18)22-10-5-6-12-24-13-11-21-17(24)3/h7-9,11,13-14H,4-6,10,12,15H2,1-3H3,(H2,20,22,23). The molecule has 5 heteroatoms. The number of unbranched alkanes of at least 4 members (excludes halogenated alkanes) is 1. The summed E-state index contributed by atoms with van der Waals surface area (Å²) in [6.45, 7) is 9.75. The first-order chi connectivity index (χ1) is 11.7. The number of aromatic nitrogens is 2. The van der Waals surface area contributed by atoms with E-state index < -0.39 is 0 Å². The van der Waals surface area contributed by atoms with E-state index in [1.165, 1.54) is 11.1 Å². The van der Waals surface area contributed by atoms with Crippen LogP contribution in [0.3, 0.4) is 0 Å². The average Bonchev–Trinajstić information content (AvgIpc) is 2.97. The molecule has 130 valence electrons. The van der Waals surface area contributed by atoms with Crippen LogP contribution in [0.1, 0.15) is 36.7 Å². The third-order valence-corrected chi connectivity index (χ3v) is 3.89. The number of imidazole rings is 1. The number of rotatable bonds is 8. The molecule has 5 nitrogen and oxygen atoms in total. The lowest BCUT2D eigenvalue weighted by atomic mass is 10.1. The molecule has 2 aromatic rings. The molecule has 1 aromatic heterocycles. The van der Waals surface area contributed by atoms with Crippen LogP contribution in [0.25, 0.3) is 0 Å². The highest BCUT2D eigenvalue weighted by Gasteiger charge is 1.99. The van der Waals surface area contributed by atoms with Crippen molar-refractivity contribution in [3.8, 4) is 0 Å². The Balaban J connectivity index is 1.74. The number of benzene rings is 1. The molecule has 0 aliphatic carbocycles. The van der Waals surface area contributed by atoms with Crippen molar-refractivity contribution in [2.75, 3.05) is 13.1 Å². The lowest BCUT2D eigenvalue weighted by Gasteiger charge is -2.11. The zero-order valence-corrected chi connectivity index (χ0v) is 15.0. The largest absolute Gasteiger partial charge is 0.357 e. The van der Waals surface area contributed by atoms with E-state index in [0.29, 0.717) is 6.54 Å². The van der Waals surface area contributed by atoms with E-state index >= 15 is 0 Å². The molecule has 1 aromatic carbocycles. The molecular weight excluding hydrogens is 298 g/mol. The minimum absolute atomic E-state index is 0.700. The first kappa shape index (κ1) is 18.0. The summed E-state index contributed by atoms with van der Waals surface area (Å²) in [6, 6.07) is 8.49. The van der Waals surface area contributed by atoms with E-state index in [0.717, 1.165) is 44.3 Å². The van der Waals surface area contributed by atoms with Crippen LogP contribution < -0.4 is 10.6 Å². The summed E-state index contributed by atoms with van der Waals surface area (Å²) in [7, 11) is 0. The number of aryl methyl sites for hydroxylation is 3. The third-order valence-electron chi connectivity index (χ3n) is 3.89. The molecule has 0 atom stereocenters. The van der Waals surface area contributed by atoms with Gasteiger partial charge >= 0.3 is 0 Å². The second-order valence-corrected chi connectivity index (χ2v) is 5.99. The Hall–Kier alpha value is -2.30. The van der Waals surface area contributed by atoms with Gasteiger partial charge in [0.25, 0.3) is 0 Å². The fraction of sp³-hybridized carbons (Fsp3) is 0.474. The summed E-state index contributed by atoms with van der Waals surface area (Å²) in [5.41, 5.74) is 2.51. The molecule has 24 heavy (non-hydrogen) atoms. The van der Waals surface area contributed by atoms with E-state index in [4.69, 9.17) is 0 Å². The Morgan fingerprint density at radius 3 is 2.79 bits per heavy atom. The molecule has 0 radical (unpaired) electrons. The van der Waals surface area contributed by atoms with Crippen molar-refractivity contribution < 1.29 is 0 Å². The van der Waals surface area contributed by atoms with Crippen LogP contribution in [0.15, 0.2) is 41.7 Å². The summed E-state index contributed by atoms with van der Waals surface area (Å²) in [5, 5.41) is 6.72. The van der Waals surface area contributed by atoms with Gasteiger partial charge in [0.2, 0.25) is 0 Å². The van der Waals surface area contributed by atoms with Crippen LogP contribution in [-0.2, 0) is 13.1 Å². The minimum Gasteiger partial charge on any atom is -0.357 e. The number of hydrogen-bond donors (Lipinski definition) is 2. The van der Waals surface area contributed by atoms with Crippen LogP contribution in [0.4, 0.5) is 0 Å². The highest BCUT2D eigenvalue weighted by Crippen LogP contribution is 2.05. The topological polar surface area (TPSA) is 54.2 Å². The van der Waals surface area contributed by atoms with Crippen molar-refractivity contribution in [1.29, 1.82) is 0 Å². The van der Waals surface area contributed by atoms with Crippen molar-refractivity contribution >= 4 is 5.96 Å². The molecule has 0 saturated heterocycles. The van der Waals surface area contributed by atoms with E-state index in [1.54, 1.807) is 0 Å². The van der Waals surface area contributed by atoms with Crippen LogP contribution in [0.5, 0.6) is 0 Å². The summed E-state index contributed by atoms with van der Waals surface area (Å²) < 4.78 is 2.19. The second-order valence-electron chi connectivity index (χ2n) is 5.99. The van der Waals surface area contributed by atoms with E-state index in [9.17, 15) is 0 Å². The number of aliphatic imine (C=N–C) groups is 1. The zero-order valence-electron chi connectivity index (χ0n) is 15.0. The Labute approximate surface area is 145 Å². The average molecular weight is 327 g/mol. The minimum atomic E-state index is 0.700. The van der Waals surface area contributed by atoms with Gasteiger partial charge in [0.1, 0.15) is 5.82 Å². The van der Waals surface area contributed by atoms with Gasteiger partial charge in [-0.25, -0.2) is 9.98 Å². The molecule has 0 amide bonds. The van der Waals surface area contributed by atoms with Gasteiger partial charge in [0.05, 0.1) is 6.54 Å². The number of nitrogens with one attached hydrogen (secondary N) is 2. The van der Waals surface area contributed by atoms with Crippen LogP contribution in [-0.4, -0.2) is 28.6 Å². The lowest BCUT2D eigenvalue weighted by Crippen LogP contribution is -2.37. The molecule has 0 fully saturated rings. The first-order valence-electron chi connectivity index (χ1n) is 8.74. The van der Waals surface area contributed by atoms with Crippen LogP contribution in [0, 0.1) is 13.8 Å². The van der Waals surface area contributed by atoms with Crippen LogP contribution >= 0.6 is 0 Å². The van der Waals surface area contributed by atoms with E-state index in [-0.39, 0.29) is 0 Å². The summed E-state index contributed by atoms with van der Waals surface area (Å²) in [4.78, 5) is 8.91. The van der Waals surface area contributed by atoms with Gasteiger partial charge in [-0.15, -0.1) is 0 Å². The number of nitrogens with zero attached hydrogens (tertiary/aromatic N) is 3. The molecule has 0 aliphatic heterocycles. The maximum atomic E-state index is 4.67. The van der Waals surface area contributed by atoms with Gasteiger partial charge in [-0.1, -0.05) is 29.8 Å². The van der Waals surface area contributed by atoms with Gasteiger partial charge in [-0.2, -0.15) is 0 Å². The maximum Gasteiger partial charge on any atom is 0.191 e. The van der Waals surface area contributed by atoms with E-state index in [1.807, 2.05) is 19.3 Å². The molecule has 0 spiro atoms. The fourth-order valence-electron chi connectivity index (χ4n) is 2.58. The first-order valence-corrected chi connectivity index (χ1v) is 8.74. The number of guanidine groups is 1. The Morgan fingerprint density at radius 2 is 2.08 bits per heavy atom. The molecule has 1 heterocycles. The van der Waals surface area contributed by atoms with Gasteiger partial charge < -0.3 is 15.2 Å². The monoisotopic (exact) mass is 327 g/mol. The smallest absolute Gasteiger partial charge is 0.191 e. The Kier molecular flexibility index (Phi) is 7.33. The van der Waals surface area contributed by atoms with Crippen molar-refractivity contribution in [3.63, 3.8) is 0 Å². The predicted molar refractivity (Wildman–Crippen MR) is 100 cm³/mol. The van der Waals surface area contributed by atoms with Gasteiger partial charge in [0, 0.05) is 32.0 Å².